The Labute approximate surface area is 683 Å². The van der Waals surface area contributed by atoms with Gasteiger partial charge in [-0.1, -0.05) is 276 Å². The fraction of sp³-hybridized carbons (Fsp3) is 0.0187. The quantitative estimate of drug-likeness (QED) is 0.145. The van der Waals surface area contributed by atoms with Gasteiger partial charge in [0, 0.05) is 96.2 Å². The zero-order valence-electron chi connectivity index (χ0n) is 61.5. The van der Waals surface area contributed by atoms with Gasteiger partial charge in [0.1, 0.15) is 0 Å². The van der Waals surface area contributed by atoms with Crippen LogP contribution < -0.4 is 0 Å². The summed E-state index contributed by atoms with van der Waals surface area (Å²) in [4.78, 5) is 15.3. The van der Waals surface area contributed by atoms with Crippen molar-refractivity contribution in [3.8, 4) is 84.2 Å². The number of hydrogen-bond donors (Lipinski definition) is 0. The van der Waals surface area contributed by atoms with Crippen molar-refractivity contribution in [2.45, 2.75) is 14.9 Å². The van der Waals surface area contributed by atoms with E-state index in [0.29, 0.717) is 0 Å². The lowest BCUT2D eigenvalue weighted by molar-refractivity contribution is 1.18. The lowest BCUT2D eigenvalue weighted by Gasteiger charge is -2.14. The van der Waals surface area contributed by atoms with E-state index in [0.717, 1.165) is 56.0 Å². The molecule has 0 N–H and O–H groups in total. The molecule has 0 aliphatic heterocycles. The van der Waals surface area contributed by atoms with Crippen molar-refractivity contribution in [2.24, 2.45) is 0 Å². The molecule has 0 atom stereocenters. The van der Waals surface area contributed by atoms with Crippen molar-refractivity contribution in [3.63, 3.8) is 0 Å². The molecule has 0 saturated carbocycles. The molecular formula is C107H74N6S3. The van der Waals surface area contributed by atoms with Gasteiger partial charge < -0.3 is 13.7 Å². The number of benzene rings is 15. The van der Waals surface area contributed by atoms with Crippen LogP contribution in [0.5, 0.6) is 0 Å². The fourth-order valence-corrected chi connectivity index (χ4v) is 20.1. The molecule has 0 aliphatic rings. The first-order valence-corrected chi connectivity index (χ1v) is 40.9. The second kappa shape index (κ2) is 29.7. The summed E-state index contributed by atoms with van der Waals surface area (Å²) in [5.74, 6) is 0. The van der Waals surface area contributed by atoms with Gasteiger partial charge >= 0.3 is 0 Å². The normalized spacial score (nSPS) is 11.5. The van der Waals surface area contributed by atoms with Crippen LogP contribution in [0, 0.1) is 0 Å². The van der Waals surface area contributed by atoms with Gasteiger partial charge in [-0.05, 0) is 167 Å². The Balaban J connectivity index is 0.000000111. The van der Waals surface area contributed by atoms with E-state index in [1.54, 1.807) is 34.0 Å². The number of thiophene rings is 3. The van der Waals surface area contributed by atoms with Crippen LogP contribution in [0.4, 0.5) is 0 Å². The van der Waals surface area contributed by atoms with Gasteiger partial charge in [-0.3, -0.25) is 0 Å². The van der Waals surface area contributed by atoms with E-state index in [-0.39, 0.29) is 14.9 Å². The van der Waals surface area contributed by atoms with Crippen LogP contribution in [0.3, 0.4) is 0 Å². The molecule has 24 aromatic rings. The molecule has 9 heteroatoms. The summed E-state index contributed by atoms with van der Waals surface area (Å²) in [6.45, 7) is 0. The topological polar surface area (TPSA) is 53.5 Å². The van der Waals surface area contributed by atoms with Gasteiger partial charge in [-0.2, -0.15) is 0 Å². The second-order valence-electron chi connectivity index (χ2n) is 28.9. The summed E-state index contributed by atoms with van der Waals surface area (Å²) in [7, 11) is 0. The third-order valence-electron chi connectivity index (χ3n) is 22.2. The third-order valence-corrected chi connectivity index (χ3v) is 25.6. The van der Waals surface area contributed by atoms with Gasteiger partial charge in [0.05, 0.1) is 86.5 Å². The zero-order valence-corrected chi connectivity index (χ0v) is 64.0. The molecule has 0 bridgehead atoms. The summed E-state index contributed by atoms with van der Waals surface area (Å²) in [5, 5.41) is 11.3. The first kappa shape index (κ1) is 70.9. The van der Waals surface area contributed by atoms with Gasteiger partial charge in [0.25, 0.3) is 0 Å². The van der Waals surface area contributed by atoms with E-state index in [9.17, 15) is 0 Å². The summed E-state index contributed by atoms with van der Waals surface area (Å²) in [6, 6.07) is 143. The SMILES string of the molecule is C.C.c1cc(-c2ccc(-n3c4ccccc4c4ccccc43)cc2)cc(-c2ccc3sc4ccccc4c3n2)c1.c1cc(-c2ccc3sc4ccccc4c3n2)cc(-c2ccccc2-n2c3ccccc3c3ccccc32)c1.c1cc(-c2cccc(-n3c4ccccc4c4ccccc43)c2)cc(-c2ccc3sc4ccccc4c3n2)c1. The number of nitrogens with zero attached hydrogens (tertiary/aromatic N) is 6. The Kier molecular flexibility index (Phi) is 18.2. The number of hydrogen-bond acceptors (Lipinski definition) is 6. The number of pyridine rings is 3. The van der Waals surface area contributed by atoms with Crippen LogP contribution >= 0.6 is 34.0 Å². The second-order valence-corrected chi connectivity index (χ2v) is 32.1. The standard InChI is InChI=1S/3C35H22N2S.2CH4/c1-5-16-30(37-31-17-6-2-13-26(31)27-14-3-7-18-32(27)37)25(12-1)23-10-9-11-24(22-23)29-20-21-34-35(36-29)28-15-4-8-19-33(28)38-34;1-4-16-31-27(13-1)28-14-2-5-17-32(28)37(31)26-12-8-10-24(22-26)23-9-7-11-25(21-23)30-19-20-34-35(36-30)29-15-3-6-18-33(29)38-34;1-4-13-31-27(10-1)28-11-2-5-14-32(28)37(31)26-18-16-23(17-19-26)24-8-7-9-25(22-24)30-20-21-34-35(36-30)29-12-3-6-15-33(29)38-34;;/h3*1-22H;2*1H4. The number of fused-ring (bicyclic) bond motifs is 18. The fourth-order valence-electron chi connectivity index (χ4n) is 16.9. The van der Waals surface area contributed by atoms with E-state index in [4.69, 9.17) is 15.0 Å². The molecule has 0 unspecified atom stereocenters. The first-order valence-electron chi connectivity index (χ1n) is 38.4. The van der Waals surface area contributed by atoms with E-state index in [1.807, 2.05) is 0 Å². The van der Waals surface area contributed by atoms with E-state index < -0.39 is 0 Å². The van der Waals surface area contributed by atoms with Crippen LogP contribution in [0.25, 0.3) is 211 Å². The van der Waals surface area contributed by atoms with Crippen molar-refractivity contribution in [3.05, 3.63) is 400 Å². The minimum Gasteiger partial charge on any atom is -0.309 e. The molecular weight excluding hydrogens is 1470 g/mol. The van der Waals surface area contributed by atoms with E-state index in [2.05, 4.69) is 414 Å². The first-order chi connectivity index (χ1) is 56.5. The number of aromatic nitrogens is 6. The van der Waals surface area contributed by atoms with Crippen molar-refractivity contribution in [2.75, 3.05) is 0 Å². The maximum atomic E-state index is 5.13. The predicted octanol–water partition coefficient (Wildman–Crippen LogP) is 30.9. The van der Waals surface area contributed by atoms with Crippen LogP contribution in [-0.2, 0) is 0 Å². The molecule has 116 heavy (non-hydrogen) atoms. The van der Waals surface area contributed by atoms with Gasteiger partial charge in [0.15, 0.2) is 0 Å². The van der Waals surface area contributed by atoms with Crippen molar-refractivity contribution < 1.29 is 0 Å². The summed E-state index contributed by atoms with van der Waals surface area (Å²) < 4.78 is 14.6. The Morgan fingerprint density at radius 2 is 0.474 bits per heavy atom. The smallest absolute Gasteiger partial charge is 0.0895 e. The van der Waals surface area contributed by atoms with Gasteiger partial charge in [-0.25, -0.2) is 15.0 Å². The minimum absolute atomic E-state index is 0. The maximum Gasteiger partial charge on any atom is 0.0895 e. The zero-order chi connectivity index (χ0) is 75.2. The van der Waals surface area contributed by atoms with Crippen LogP contribution in [-0.4, -0.2) is 28.7 Å². The average molecular weight is 1540 g/mol. The molecule has 550 valence electrons. The third kappa shape index (κ3) is 12.4. The highest BCUT2D eigenvalue weighted by Crippen LogP contribution is 2.43. The molecule has 0 fully saturated rings. The summed E-state index contributed by atoms with van der Waals surface area (Å²) in [6.07, 6.45) is 0. The molecule has 6 nitrogen and oxygen atoms in total. The Morgan fingerprint density at radius 1 is 0.181 bits per heavy atom. The lowest BCUT2D eigenvalue weighted by atomic mass is 9.99. The minimum atomic E-state index is 0. The van der Waals surface area contributed by atoms with Crippen molar-refractivity contribution >= 4 is 160 Å². The maximum absolute atomic E-state index is 5.13. The molecule has 0 saturated heterocycles. The van der Waals surface area contributed by atoms with Crippen molar-refractivity contribution in [1.29, 1.82) is 0 Å². The molecule has 24 rings (SSSR count). The summed E-state index contributed by atoms with van der Waals surface area (Å²) >= 11 is 5.41. The Bertz CT molecular complexity index is 7740. The predicted molar refractivity (Wildman–Crippen MR) is 500 cm³/mol. The van der Waals surface area contributed by atoms with Crippen LogP contribution in [0.2, 0.25) is 0 Å². The number of para-hydroxylation sites is 7. The molecule has 0 radical (unpaired) electrons. The summed E-state index contributed by atoms with van der Waals surface area (Å²) in [5.41, 5.74) is 27.6. The monoisotopic (exact) mass is 1540 g/mol. The van der Waals surface area contributed by atoms with E-state index >= 15 is 0 Å². The van der Waals surface area contributed by atoms with E-state index in [1.165, 1.54) is 155 Å². The van der Waals surface area contributed by atoms with Gasteiger partial charge in [0.2, 0.25) is 0 Å². The van der Waals surface area contributed by atoms with Crippen molar-refractivity contribution in [1.82, 2.24) is 28.7 Å². The number of rotatable bonds is 9. The highest BCUT2D eigenvalue weighted by molar-refractivity contribution is 7.26. The van der Waals surface area contributed by atoms with Crippen LogP contribution in [0.15, 0.2) is 400 Å². The highest BCUT2D eigenvalue weighted by Gasteiger charge is 2.20. The molecule has 9 aromatic heterocycles. The van der Waals surface area contributed by atoms with Crippen LogP contribution in [0.1, 0.15) is 14.9 Å². The molecule has 15 aromatic carbocycles. The molecule has 0 spiro atoms. The van der Waals surface area contributed by atoms with Gasteiger partial charge in [-0.15, -0.1) is 34.0 Å². The lowest BCUT2D eigenvalue weighted by Crippen LogP contribution is -1.97. The molecule has 0 amide bonds. The Hall–Kier alpha value is -14.2. The Morgan fingerprint density at radius 3 is 0.879 bits per heavy atom. The average Bonchev–Trinajstić information content (AvgIpc) is 1.64. The largest absolute Gasteiger partial charge is 0.309 e. The molecule has 0 aliphatic carbocycles. The highest BCUT2D eigenvalue weighted by atomic mass is 32.1. The molecule has 9 heterocycles.